The fourth-order valence-electron chi connectivity index (χ4n) is 4.01. The summed E-state index contributed by atoms with van der Waals surface area (Å²) in [6.07, 6.45) is -10.6. The van der Waals surface area contributed by atoms with Crippen LogP contribution in [0.5, 0.6) is 5.75 Å². The van der Waals surface area contributed by atoms with Crippen molar-refractivity contribution in [2.24, 2.45) is 0 Å². The van der Waals surface area contributed by atoms with Gasteiger partial charge in [-0.1, -0.05) is 19.9 Å². The van der Waals surface area contributed by atoms with Crippen molar-refractivity contribution in [2.75, 3.05) is 19.0 Å². The van der Waals surface area contributed by atoms with Gasteiger partial charge in [-0.3, -0.25) is 0 Å². The molecule has 3 aromatic rings. The first-order valence-corrected chi connectivity index (χ1v) is 10.4. The molecule has 3 rings (SSSR count). The van der Waals surface area contributed by atoms with E-state index in [1.807, 2.05) is 0 Å². The van der Waals surface area contributed by atoms with Gasteiger partial charge in [-0.25, -0.2) is 9.37 Å². The molecule has 1 aromatic heterocycles. The highest BCUT2D eigenvalue weighted by Gasteiger charge is 2.56. The average molecular weight is 504 g/mol. The van der Waals surface area contributed by atoms with Crippen molar-refractivity contribution in [3.63, 3.8) is 0 Å². The Morgan fingerprint density at radius 1 is 0.971 bits per heavy atom. The summed E-state index contributed by atoms with van der Waals surface area (Å²) in [6, 6.07) is 9.28. The number of methoxy groups -OCH3 is 1. The molecular weight excluding hydrogens is 481 g/mol. The molecule has 2 N–H and O–H groups in total. The summed E-state index contributed by atoms with van der Waals surface area (Å²) in [7, 11) is 1.29. The number of hydrogen-bond donors (Lipinski definition) is 2. The molecule has 1 heterocycles. The molecular formula is C24H23F7N2O2. The van der Waals surface area contributed by atoms with E-state index in [1.165, 1.54) is 45.2 Å². The normalized spacial score (nSPS) is 14.6. The molecule has 35 heavy (non-hydrogen) atoms. The lowest BCUT2D eigenvalue weighted by Crippen LogP contribution is -2.53. The zero-order valence-corrected chi connectivity index (χ0v) is 19.0. The zero-order chi connectivity index (χ0) is 26.2. The number of aliphatic hydroxyl groups is 1. The van der Waals surface area contributed by atoms with Crippen molar-refractivity contribution in [1.82, 2.24) is 4.98 Å². The van der Waals surface area contributed by atoms with Crippen LogP contribution in [0, 0.1) is 5.82 Å². The van der Waals surface area contributed by atoms with Crippen LogP contribution in [0.4, 0.5) is 36.4 Å². The highest BCUT2D eigenvalue weighted by atomic mass is 19.4. The molecule has 11 heteroatoms. The highest BCUT2D eigenvalue weighted by molar-refractivity contribution is 5.91. The maximum atomic E-state index is 14.1. The first-order chi connectivity index (χ1) is 16.1. The number of hydrogen-bond acceptors (Lipinski definition) is 4. The number of halogens is 7. The smallest absolute Gasteiger partial charge is 0.433 e. The van der Waals surface area contributed by atoms with Crippen molar-refractivity contribution < 1.29 is 40.6 Å². The van der Waals surface area contributed by atoms with Crippen LogP contribution in [-0.4, -0.2) is 35.5 Å². The van der Waals surface area contributed by atoms with Crippen LogP contribution in [0.2, 0.25) is 0 Å². The Morgan fingerprint density at radius 3 is 2.26 bits per heavy atom. The Bertz CT molecular complexity index is 1210. The van der Waals surface area contributed by atoms with Crippen LogP contribution in [-0.2, 0) is 11.6 Å². The summed E-state index contributed by atoms with van der Waals surface area (Å²) in [5, 5.41) is 13.4. The maximum Gasteiger partial charge on any atom is 0.433 e. The van der Waals surface area contributed by atoms with Gasteiger partial charge in [0.1, 0.15) is 17.3 Å². The summed E-state index contributed by atoms with van der Waals surface area (Å²) in [5.41, 5.74) is -5.69. The molecule has 0 aliphatic heterocycles. The predicted octanol–water partition coefficient (Wildman–Crippen LogP) is 6.47. The topological polar surface area (TPSA) is 54.4 Å². The molecule has 0 radical (unpaired) electrons. The number of benzene rings is 2. The lowest BCUT2D eigenvalue weighted by molar-refractivity contribution is -0.260. The second kappa shape index (κ2) is 9.18. The van der Waals surface area contributed by atoms with Crippen LogP contribution < -0.4 is 10.1 Å². The van der Waals surface area contributed by atoms with E-state index >= 15 is 0 Å². The van der Waals surface area contributed by atoms with Gasteiger partial charge in [0, 0.05) is 16.6 Å². The molecule has 0 saturated carbocycles. The third-order valence-electron chi connectivity index (χ3n) is 5.75. The number of ether oxygens (including phenoxy) is 1. The predicted molar refractivity (Wildman–Crippen MR) is 117 cm³/mol. The summed E-state index contributed by atoms with van der Waals surface area (Å²) >= 11 is 0. The van der Waals surface area contributed by atoms with Crippen molar-refractivity contribution in [1.29, 1.82) is 0 Å². The number of nitrogens with zero attached hydrogens (tertiary/aromatic N) is 1. The Morgan fingerprint density at radius 2 is 1.66 bits per heavy atom. The Hall–Kier alpha value is -3.08. The lowest BCUT2D eigenvalue weighted by Gasteiger charge is -2.38. The molecule has 4 nitrogen and oxygen atoms in total. The number of aromatic nitrogens is 1. The Balaban J connectivity index is 1.94. The molecule has 0 bridgehead atoms. The van der Waals surface area contributed by atoms with Crippen molar-refractivity contribution in [3.05, 3.63) is 65.6 Å². The first kappa shape index (κ1) is 26.5. The van der Waals surface area contributed by atoms with Crippen LogP contribution in [0.3, 0.4) is 0 Å². The molecule has 0 amide bonds. The molecule has 190 valence electrons. The first-order valence-electron chi connectivity index (χ1n) is 10.4. The SMILES string of the molecule is COc1ccc(F)cc1C(C)(C)CC(O)(CNc1cccc2nc(C(F)(F)F)ccc12)C(F)(F)F. The van der Waals surface area contributed by atoms with Crippen molar-refractivity contribution >= 4 is 16.6 Å². The molecule has 2 aromatic carbocycles. The van der Waals surface area contributed by atoms with Gasteiger partial charge in [0.05, 0.1) is 19.2 Å². The maximum absolute atomic E-state index is 14.1. The molecule has 1 atom stereocenters. The van der Waals surface area contributed by atoms with E-state index in [0.29, 0.717) is 0 Å². The number of pyridine rings is 1. The van der Waals surface area contributed by atoms with Gasteiger partial charge >= 0.3 is 12.4 Å². The summed E-state index contributed by atoms with van der Waals surface area (Å²) in [4.78, 5) is 3.53. The standard InChI is InChI=1S/C24H23F7N2O2/c1-21(2,16-11-14(25)7-9-19(16)35-3)12-22(34,24(29,30)31)13-32-17-5-4-6-18-15(17)8-10-20(33-18)23(26,27)28/h4-11,32,34H,12-13H2,1-3H3. The lowest BCUT2D eigenvalue weighted by atomic mass is 9.74. The van der Waals surface area contributed by atoms with Crippen LogP contribution >= 0.6 is 0 Å². The zero-order valence-electron chi connectivity index (χ0n) is 19.0. The van der Waals surface area contributed by atoms with Gasteiger partial charge < -0.3 is 15.2 Å². The van der Waals surface area contributed by atoms with E-state index in [1.54, 1.807) is 0 Å². The van der Waals surface area contributed by atoms with E-state index in [0.717, 1.165) is 24.3 Å². The minimum Gasteiger partial charge on any atom is -0.496 e. The van der Waals surface area contributed by atoms with E-state index in [2.05, 4.69) is 10.3 Å². The van der Waals surface area contributed by atoms with Gasteiger partial charge in [0.25, 0.3) is 0 Å². The van der Waals surface area contributed by atoms with Gasteiger partial charge in [0.2, 0.25) is 0 Å². The molecule has 0 fully saturated rings. The van der Waals surface area contributed by atoms with Crippen LogP contribution in [0.25, 0.3) is 10.9 Å². The average Bonchev–Trinajstić information content (AvgIpc) is 2.75. The molecule has 0 saturated heterocycles. The highest BCUT2D eigenvalue weighted by Crippen LogP contribution is 2.44. The van der Waals surface area contributed by atoms with Crippen molar-refractivity contribution in [2.45, 2.75) is 43.6 Å². The summed E-state index contributed by atoms with van der Waals surface area (Å²) in [5.74, 6) is -0.515. The van der Waals surface area contributed by atoms with E-state index in [4.69, 9.17) is 4.74 Å². The monoisotopic (exact) mass is 504 g/mol. The van der Waals surface area contributed by atoms with Crippen LogP contribution in [0.15, 0.2) is 48.5 Å². The number of anilines is 1. The van der Waals surface area contributed by atoms with E-state index in [9.17, 15) is 35.8 Å². The molecule has 0 aliphatic carbocycles. The third kappa shape index (κ3) is 5.61. The Labute approximate surface area is 196 Å². The van der Waals surface area contributed by atoms with Gasteiger partial charge in [-0.15, -0.1) is 0 Å². The largest absolute Gasteiger partial charge is 0.496 e. The molecule has 0 spiro atoms. The second-order valence-electron chi connectivity index (χ2n) is 8.85. The van der Waals surface area contributed by atoms with Gasteiger partial charge in [0.15, 0.2) is 5.60 Å². The van der Waals surface area contributed by atoms with E-state index < -0.39 is 47.8 Å². The minimum absolute atomic E-state index is 0.0625. The van der Waals surface area contributed by atoms with Crippen molar-refractivity contribution in [3.8, 4) is 5.75 Å². The quantitative estimate of drug-likeness (QED) is 0.362. The number of nitrogens with one attached hydrogen (secondary N) is 1. The van der Waals surface area contributed by atoms with Gasteiger partial charge in [-0.2, -0.15) is 26.3 Å². The fraction of sp³-hybridized carbons (Fsp3) is 0.375. The molecule has 1 unspecified atom stereocenters. The number of rotatable bonds is 7. The fourth-order valence-corrected chi connectivity index (χ4v) is 4.01. The Kier molecular flexibility index (Phi) is 6.95. The van der Waals surface area contributed by atoms with Gasteiger partial charge in [-0.05, 0) is 54.3 Å². The minimum atomic E-state index is -5.09. The second-order valence-corrected chi connectivity index (χ2v) is 8.85. The summed E-state index contributed by atoms with van der Waals surface area (Å²) < 4.78 is 100. The number of fused-ring (bicyclic) bond motifs is 1. The van der Waals surface area contributed by atoms with E-state index in [-0.39, 0.29) is 27.9 Å². The number of alkyl halides is 6. The summed E-state index contributed by atoms with van der Waals surface area (Å²) in [6.45, 7) is 1.82. The molecule has 0 aliphatic rings. The van der Waals surface area contributed by atoms with Crippen LogP contribution in [0.1, 0.15) is 31.5 Å². The third-order valence-corrected chi connectivity index (χ3v) is 5.75.